The van der Waals surface area contributed by atoms with Crippen LogP contribution in [0.2, 0.25) is 0 Å². The Hall–Kier alpha value is -2.56. The molecule has 2 N–H and O–H groups in total. The average Bonchev–Trinajstić information content (AvgIpc) is 2.94. The molecule has 0 aliphatic carbocycles. The second-order valence-corrected chi connectivity index (χ2v) is 6.24. The van der Waals surface area contributed by atoms with Crippen LogP contribution in [0.25, 0.3) is 0 Å². The number of benzene rings is 1. The molecule has 0 saturated heterocycles. The third-order valence-corrected chi connectivity index (χ3v) is 4.21. The maximum atomic E-state index is 12.7. The first-order valence-electron chi connectivity index (χ1n) is 6.98. The molecule has 1 heterocycles. The van der Waals surface area contributed by atoms with E-state index in [1.54, 1.807) is 30.3 Å². The monoisotopic (exact) mass is 373 g/mol. The lowest BCUT2D eigenvalue weighted by Crippen LogP contribution is -2.44. The van der Waals surface area contributed by atoms with E-state index in [0.29, 0.717) is 5.56 Å². The zero-order chi connectivity index (χ0) is 18.6. The fourth-order valence-corrected chi connectivity index (χ4v) is 2.57. The van der Waals surface area contributed by atoms with E-state index in [1.165, 1.54) is 6.92 Å². The Morgan fingerprint density at radius 3 is 2.36 bits per heavy atom. The summed E-state index contributed by atoms with van der Waals surface area (Å²) in [6, 6.07) is 8.21. The second kappa shape index (κ2) is 7.55. The van der Waals surface area contributed by atoms with Crippen LogP contribution >= 0.6 is 11.8 Å². The van der Waals surface area contributed by atoms with Crippen molar-refractivity contribution in [2.75, 3.05) is 0 Å². The highest BCUT2D eigenvalue weighted by atomic mass is 32.2. The summed E-state index contributed by atoms with van der Waals surface area (Å²) < 4.78 is 38.8. The lowest BCUT2D eigenvalue weighted by atomic mass is 10.2. The van der Waals surface area contributed by atoms with Crippen LogP contribution < -0.4 is 10.9 Å². The fraction of sp³-hybridized carbons (Fsp3) is 0.286. The highest BCUT2D eigenvalue weighted by molar-refractivity contribution is 8.00. The molecule has 0 bridgehead atoms. The molecule has 1 aromatic heterocycles. The summed E-state index contributed by atoms with van der Waals surface area (Å²) in [7, 11) is 1.16. The van der Waals surface area contributed by atoms with Crippen LogP contribution in [0.5, 0.6) is 0 Å². The average molecular weight is 373 g/mol. The summed E-state index contributed by atoms with van der Waals surface area (Å²) >= 11 is 0.789. The number of nitrogens with zero attached hydrogens (tertiary/aromatic N) is 3. The first-order valence-corrected chi connectivity index (χ1v) is 7.86. The normalized spacial score (nSPS) is 12.5. The van der Waals surface area contributed by atoms with Crippen molar-refractivity contribution < 1.29 is 22.8 Å². The Balaban J connectivity index is 1.93. The van der Waals surface area contributed by atoms with Gasteiger partial charge >= 0.3 is 6.18 Å². The maximum absolute atomic E-state index is 12.7. The minimum Gasteiger partial charge on any atom is -0.302 e. The van der Waals surface area contributed by atoms with Crippen LogP contribution in [0.15, 0.2) is 35.5 Å². The number of carbonyl (C=O) groups excluding carboxylic acids is 2. The third-order valence-electron chi connectivity index (χ3n) is 3.08. The minimum absolute atomic E-state index is 0.0654. The van der Waals surface area contributed by atoms with Crippen molar-refractivity contribution in [3.8, 4) is 0 Å². The van der Waals surface area contributed by atoms with E-state index in [4.69, 9.17) is 0 Å². The Bertz CT molecular complexity index is 764. The van der Waals surface area contributed by atoms with Gasteiger partial charge in [0.25, 0.3) is 11.8 Å². The quantitative estimate of drug-likeness (QED) is 0.630. The van der Waals surface area contributed by atoms with Gasteiger partial charge in [-0.3, -0.25) is 20.4 Å². The van der Waals surface area contributed by atoms with E-state index >= 15 is 0 Å². The predicted octanol–water partition coefficient (Wildman–Crippen LogP) is 1.78. The molecule has 2 rings (SSSR count). The zero-order valence-electron chi connectivity index (χ0n) is 13.2. The summed E-state index contributed by atoms with van der Waals surface area (Å²) in [4.78, 5) is 23.8. The van der Waals surface area contributed by atoms with Gasteiger partial charge in [-0.05, 0) is 19.1 Å². The van der Waals surface area contributed by atoms with Crippen molar-refractivity contribution in [1.82, 2.24) is 25.6 Å². The van der Waals surface area contributed by atoms with Crippen molar-refractivity contribution in [2.24, 2.45) is 7.05 Å². The molecule has 2 aromatic rings. The van der Waals surface area contributed by atoms with E-state index in [1.807, 2.05) is 0 Å². The van der Waals surface area contributed by atoms with Gasteiger partial charge in [-0.15, -0.1) is 10.2 Å². The van der Waals surface area contributed by atoms with E-state index in [9.17, 15) is 22.8 Å². The number of hydrogen-bond acceptors (Lipinski definition) is 5. The minimum atomic E-state index is -4.63. The molecule has 7 nitrogen and oxygen atoms in total. The molecule has 1 aromatic carbocycles. The van der Waals surface area contributed by atoms with Gasteiger partial charge in [0.05, 0.1) is 5.25 Å². The molecule has 2 amide bonds. The van der Waals surface area contributed by atoms with E-state index in [-0.39, 0.29) is 5.16 Å². The Kier molecular flexibility index (Phi) is 5.67. The fourth-order valence-electron chi connectivity index (χ4n) is 1.76. The zero-order valence-corrected chi connectivity index (χ0v) is 14.0. The standard InChI is InChI=1S/C14H14F3N5O2S/c1-8(25-13-21-20-12(22(13)2)14(15,16)17)10(23)18-19-11(24)9-6-4-3-5-7-9/h3-8H,1-2H3,(H,18,23)(H,19,24)/t8-/m1/s1. The summed E-state index contributed by atoms with van der Waals surface area (Å²) in [5.74, 6) is -2.25. The van der Waals surface area contributed by atoms with Crippen molar-refractivity contribution in [3.05, 3.63) is 41.7 Å². The first-order chi connectivity index (χ1) is 11.7. The summed E-state index contributed by atoms with van der Waals surface area (Å²) in [6.45, 7) is 1.47. The van der Waals surface area contributed by atoms with Gasteiger partial charge in [0.2, 0.25) is 5.82 Å². The highest BCUT2D eigenvalue weighted by Gasteiger charge is 2.37. The van der Waals surface area contributed by atoms with Gasteiger partial charge in [-0.2, -0.15) is 13.2 Å². The number of hydrogen-bond donors (Lipinski definition) is 2. The summed E-state index contributed by atoms with van der Waals surface area (Å²) in [6.07, 6.45) is -4.63. The number of halogens is 3. The highest BCUT2D eigenvalue weighted by Crippen LogP contribution is 2.30. The van der Waals surface area contributed by atoms with Gasteiger partial charge < -0.3 is 4.57 Å². The molecule has 0 aliphatic heterocycles. The molecule has 0 unspecified atom stereocenters. The van der Waals surface area contributed by atoms with Crippen LogP contribution in [0, 0.1) is 0 Å². The molecule has 134 valence electrons. The molecule has 0 aliphatic rings. The number of rotatable bonds is 4. The van der Waals surface area contributed by atoms with Crippen molar-refractivity contribution in [1.29, 1.82) is 0 Å². The van der Waals surface area contributed by atoms with E-state index < -0.39 is 29.1 Å². The van der Waals surface area contributed by atoms with Crippen LogP contribution in [0.4, 0.5) is 13.2 Å². The number of carbonyl (C=O) groups is 2. The number of nitrogens with one attached hydrogen (secondary N) is 2. The second-order valence-electron chi connectivity index (χ2n) is 4.93. The Labute approximate surface area is 145 Å². The molecule has 0 spiro atoms. The SMILES string of the molecule is C[C@@H](Sc1nnc(C(F)(F)F)n1C)C(=O)NNC(=O)c1ccccc1. The van der Waals surface area contributed by atoms with Gasteiger partial charge in [0.1, 0.15) is 0 Å². The van der Waals surface area contributed by atoms with Gasteiger partial charge in [-0.25, -0.2) is 0 Å². The predicted molar refractivity (Wildman–Crippen MR) is 83.4 cm³/mol. The number of hydrazine groups is 1. The topological polar surface area (TPSA) is 88.9 Å². The van der Waals surface area contributed by atoms with Crippen LogP contribution in [0.3, 0.4) is 0 Å². The van der Waals surface area contributed by atoms with Gasteiger partial charge in [-0.1, -0.05) is 30.0 Å². The first kappa shape index (κ1) is 18.8. The Morgan fingerprint density at radius 1 is 1.16 bits per heavy atom. The third kappa shape index (κ3) is 4.72. The van der Waals surface area contributed by atoms with Crippen LogP contribution in [-0.2, 0) is 18.0 Å². The molecular formula is C14H14F3N5O2S. The van der Waals surface area contributed by atoms with E-state index in [0.717, 1.165) is 23.4 Å². The smallest absolute Gasteiger partial charge is 0.302 e. The Morgan fingerprint density at radius 2 is 1.80 bits per heavy atom. The lowest BCUT2D eigenvalue weighted by molar-refractivity contribution is -0.147. The number of aromatic nitrogens is 3. The van der Waals surface area contributed by atoms with Crippen LogP contribution in [-0.4, -0.2) is 31.8 Å². The van der Waals surface area contributed by atoms with Gasteiger partial charge in [0.15, 0.2) is 5.16 Å². The number of amides is 2. The lowest BCUT2D eigenvalue weighted by Gasteiger charge is -2.12. The number of alkyl halides is 3. The van der Waals surface area contributed by atoms with Crippen molar-refractivity contribution in [3.63, 3.8) is 0 Å². The number of thioether (sulfide) groups is 1. The molecule has 25 heavy (non-hydrogen) atoms. The van der Waals surface area contributed by atoms with Crippen LogP contribution in [0.1, 0.15) is 23.1 Å². The molecule has 11 heteroatoms. The summed E-state index contributed by atoms with van der Waals surface area (Å²) in [5.41, 5.74) is 4.81. The molecule has 0 fully saturated rings. The van der Waals surface area contributed by atoms with Gasteiger partial charge in [0, 0.05) is 12.6 Å². The van der Waals surface area contributed by atoms with Crippen molar-refractivity contribution in [2.45, 2.75) is 23.5 Å². The molecule has 0 saturated carbocycles. The maximum Gasteiger partial charge on any atom is 0.451 e. The largest absolute Gasteiger partial charge is 0.451 e. The molecular weight excluding hydrogens is 359 g/mol. The van der Waals surface area contributed by atoms with E-state index in [2.05, 4.69) is 21.0 Å². The molecule has 0 radical (unpaired) electrons. The summed E-state index contributed by atoms with van der Waals surface area (Å²) in [5, 5.41) is 5.64. The molecule has 1 atom stereocenters. The van der Waals surface area contributed by atoms with Crippen molar-refractivity contribution >= 4 is 23.6 Å².